The van der Waals surface area contributed by atoms with Crippen molar-refractivity contribution in [3.05, 3.63) is 29.8 Å². The number of hydrogen-bond acceptors (Lipinski definition) is 3. The number of methoxy groups -OCH3 is 1. The van der Waals surface area contributed by atoms with Crippen LogP contribution in [0.1, 0.15) is 44.6 Å². The number of ether oxygens (including phenoxy) is 1. The Bertz CT molecular complexity index is 433. The molecule has 1 aromatic rings. The van der Waals surface area contributed by atoms with Crippen molar-refractivity contribution in [2.45, 2.75) is 51.0 Å². The predicted octanol–water partition coefficient (Wildman–Crippen LogP) is 3.12. The van der Waals surface area contributed by atoms with Crippen LogP contribution in [0.2, 0.25) is 0 Å². The summed E-state index contributed by atoms with van der Waals surface area (Å²) in [6.45, 7) is 3.13. The van der Waals surface area contributed by atoms with Gasteiger partial charge in [-0.25, -0.2) is 0 Å². The number of hydrogen-bond donors (Lipinski definition) is 1. The monoisotopic (exact) mass is 275 g/mol. The first-order chi connectivity index (χ1) is 9.70. The van der Waals surface area contributed by atoms with Crippen LogP contribution in [-0.4, -0.2) is 25.0 Å². The fourth-order valence-corrected chi connectivity index (χ4v) is 3.11. The summed E-state index contributed by atoms with van der Waals surface area (Å²) < 4.78 is 5.15. The normalized spacial score (nSPS) is 21.9. The summed E-state index contributed by atoms with van der Waals surface area (Å²) in [6, 6.07) is 7.99. The molecule has 3 heteroatoms. The smallest absolute Gasteiger partial charge is 0.153 e. The molecule has 110 valence electrons. The zero-order valence-electron chi connectivity index (χ0n) is 12.6. The Hall–Kier alpha value is -1.35. The average molecular weight is 275 g/mol. The highest BCUT2D eigenvalue weighted by Gasteiger charge is 2.38. The molecule has 20 heavy (non-hydrogen) atoms. The molecule has 0 spiro atoms. The minimum Gasteiger partial charge on any atom is -0.497 e. The fourth-order valence-electron chi connectivity index (χ4n) is 3.11. The summed E-state index contributed by atoms with van der Waals surface area (Å²) in [5.74, 6) is 1.24. The summed E-state index contributed by atoms with van der Waals surface area (Å²) in [5, 5.41) is 3.46. The van der Waals surface area contributed by atoms with E-state index < -0.39 is 0 Å². The van der Waals surface area contributed by atoms with Crippen molar-refractivity contribution >= 4 is 5.78 Å². The average Bonchev–Trinajstić information content (AvgIpc) is 2.95. The first kappa shape index (κ1) is 15.0. The number of benzene rings is 1. The molecule has 1 aliphatic rings. The molecule has 1 aromatic carbocycles. The van der Waals surface area contributed by atoms with Gasteiger partial charge in [0, 0.05) is 6.42 Å². The Kier molecular flexibility index (Phi) is 5.18. The third-order valence-corrected chi connectivity index (χ3v) is 4.25. The molecule has 1 aliphatic heterocycles. The molecule has 3 nitrogen and oxygen atoms in total. The van der Waals surface area contributed by atoms with Gasteiger partial charge in [0.2, 0.25) is 0 Å². The molecule has 1 N–H and O–H groups in total. The Morgan fingerprint density at radius 3 is 2.65 bits per heavy atom. The topological polar surface area (TPSA) is 38.3 Å². The Morgan fingerprint density at radius 1 is 1.35 bits per heavy atom. The maximum absolute atomic E-state index is 12.6. The van der Waals surface area contributed by atoms with Crippen molar-refractivity contribution in [3.8, 4) is 5.75 Å². The van der Waals surface area contributed by atoms with Crippen LogP contribution in [0.3, 0.4) is 0 Å². The lowest BCUT2D eigenvalue weighted by Crippen LogP contribution is -2.47. The largest absolute Gasteiger partial charge is 0.497 e. The predicted molar refractivity (Wildman–Crippen MR) is 81.2 cm³/mol. The van der Waals surface area contributed by atoms with E-state index in [0.717, 1.165) is 44.4 Å². The molecule has 2 rings (SSSR count). The van der Waals surface area contributed by atoms with E-state index >= 15 is 0 Å². The van der Waals surface area contributed by atoms with E-state index in [-0.39, 0.29) is 5.54 Å². The van der Waals surface area contributed by atoms with Gasteiger partial charge in [0.25, 0.3) is 0 Å². The number of carbonyl (C=O) groups excluding carboxylic acids is 1. The van der Waals surface area contributed by atoms with Crippen LogP contribution in [0.25, 0.3) is 0 Å². The van der Waals surface area contributed by atoms with E-state index in [1.807, 2.05) is 24.3 Å². The molecule has 0 aliphatic carbocycles. The second kappa shape index (κ2) is 6.89. The third-order valence-electron chi connectivity index (χ3n) is 4.25. The van der Waals surface area contributed by atoms with Crippen LogP contribution >= 0.6 is 0 Å². The van der Waals surface area contributed by atoms with E-state index in [1.165, 1.54) is 5.56 Å². The van der Waals surface area contributed by atoms with E-state index in [9.17, 15) is 4.79 Å². The number of aryl methyl sites for hydroxylation is 1. The Balaban J connectivity index is 1.93. The Labute approximate surface area is 121 Å². The zero-order valence-corrected chi connectivity index (χ0v) is 12.6. The van der Waals surface area contributed by atoms with Gasteiger partial charge in [0.05, 0.1) is 12.6 Å². The van der Waals surface area contributed by atoms with Gasteiger partial charge in [0.15, 0.2) is 5.78 Å². The number of Topliss-reactive ketones (excluding diaryl/α,β-unsaturated/α-hetero) is 1. The van der Waals surface area contributed by atoms with Gasteiger partial charge >= 0.3 is 0 Å². The minimum absolute atomic E-state index is 0.235. The molecule has 0 aromatic heterocycles. The van der Waals surface area contributed by atoms with Crippen molar-refractivity contribution in [1.29, 1.82) is 0 Å². The van der Waals surface area contributed by atoms with Crippen molar-refractivity contribution in [2.75, 3.05) is 13.7 Å². The van der Waals surface area contributed by atoms with Gasteiger partial charge in [0.1, 0.15) is 5.75 Å². The molecule has 0 bridgehead atoms. The Morgan fingerprint density at radius 2 is 2.10 bits per heavy atom. The van der Waals surface area contributed by atoms with Gasteiger partial charge in [-0.15, -0.1) is 0 Å². The molecule has 1 saturated heterocycles. The van der Waals surface area contributed by atoms with Gasteiger partial charge < -0.3 is 10.1 Å². The zero-order chi connectivity index (χ0) is 14.4. The van der Waals surface area contributed by atoms with Crippen LogP contribution in [0.15, 0.2) is 24.3 Å². The van der Waals surface area contributed by atoms with E-state index in [4.69, 9.17) is 4.74 Å². The molecular weight excluding hydrogens is 250 g/mol. The summed E-state index contributed by atoms with van der Waals surface area (Å²) in [6.07, 6.45) is 5.58. The number of rotatable bonds is 7. The van der Waals surface area contributed by atoms with Gasteiger partial charge in [-0.2, -0.15) is 0 Å². The molecule has 1 heterocycles. The molecule has 1 atom stereocenters. The van der Waals surface area contributed by atoms with Crippen molar-refractivity contribution in [2.24, 2.45) is 0 Å². The fraction of sp³-hybridized carbons (Fsp3) is 0.588. The first-order valence-corrected chi connectivity index (χ1v) is 7.61. The summed E-state index contributed by atoms with van der Waals surface area (Å²) >= 11 is 0. The van der Waals surface area contributed by atoms with Gasteiger partial charge in [-0.05, 0) is 49.9 Å². The molecular formula is C17H25NO2. The van der Waals surface area contributed by atoms with E-state index in [2.05, 4.69) is 12.2 Å². The second-order valence-corrected chi connectivity index (χ2v) is 5.63. The van der Waals surface area contributed by atoms with Crippen LogP contribution in [0, 0.1) is 0 Å². The van der Waals surface area contributed by atoms with Gasteiger partial charge in [-0.1, -0.05) is 25.5 Å². The lowest BCUT2D eigenvalue weighted by atomic mass is 9.84. The highest BCUT2D eigenvalue weighted by Crippen LogP contribution is 2.27. The molecule has 1 fully saturated rings. The van der Waals surface area contributed by atoms with Crippen molar-refractivity contribution in [1.82, 2.24) is 5.32 Å². The number of ketones is 1. The minimum atomic E-state index is -0.235. The maximum atomic E-state index is 12.6. The van der Waals surface area contributed by atoms with Crippen LogP contribution in [0.5, 0.6) is 5.75 Å². The summed E-state index contributed by atoms with van der Waals surface area (Å²) in [7, 11) is 1.67. The van der Waals surface area contributed by atoms with E-state index in [1.54, 1.807) is 7.11 Å². The summed E-state index contributed by atoms with van der Waals surface area (Å²) in [4.78, 5) is 12.6. The van der Waals surface area contributed by atoms with Crippen LogP contribution in [0.4, 0.5) is 0 Å². The first-order valence-electron chi connectivity index (χ1n) is 7.61. The number of carbonyl (C=O) groups is 1. The van der Waals surface area contributed by atoms with Crippen LogP contribution in [-0.2, 0) is 11.2 Å². The number of nitrogens with one attached hydrogen (secondary N) is 1. The SMILES string of the molecule is CCCC1(C(=O)CCc2ccc(OC)cc2)CCCN1. The molecule has 0 radical (unpaired) electrons. The van der Waals surface area contributed by atoms with E-state index in [0.29, 0.717) is 12.2 Å². The summed E-state index contributed by atoms with van der Waals surface area (Å²) in [5.41, 5.74) is 0.963. The lowest BCUT2D eigenvalue weighted by Gasteiger charge is -2.27. The van der Waals surface area contributed by atoms with Crippen LogP contribution < -0.4 is 10.1 Å². The highest BCUT2D eigenvalue weighted by molar-refractivity contribution is 5.88. The highest BCUT2D eigenvalue weighted by atomic mass is 16.5. The quantitative estimate of drug-likeness (QED) is 0.831. The second-order valence-electron chi connectivity index (χ2n) is 5.63. The molecule has 1 unspecified atom stereocenters. The van der Waals surface area contributed by atoms with Crippen molar-refractivity contribution in [3.63, 3.8) is 0 Å². The standard InChI is InChI=1S/C17H25NO2/c1-3-11-17(12-4-13-18-17)16(19)10-7-14-5-8-15(20-2)9-6-14/h5-6,8-9,18H,3-4,7,10-13H2,1-2H3. The van der Waals surface area contributed by atoms with Gasteiger partial charge in [-0.3, -0.25) is 4.79 Å². The molecule has 0 saturated carbocycles. The third kappa shape index (κ3) is 3.40. The maximum Gasteiger partial charge on any atom is 0.153 e. The molecule has 0 amide bonds. The van der Waals surface area contributed by atoms with Crippen molar-refractivity contribution < 1.29 is 9.53 Å². The lowest BCUT2D eigenvalue weighted by molar-refractivity contribution is -0.125.